The zero-order valence-corrected chi connectivity index (χ0v) is 11.5. The molecule has 18 heavy (non-hydrogen) atoms. The summed E-state index contributed by atoms with van der Waals surface area (Å²) in [6.45, 7) is 8.17. The monoisotopic (exact) mass is 250 g/mol. The van der Waals surface area contributed by atoms with Crippen molar-refractivity contribution in [2.24, 2.45) is 10.9 Å². The van der Waals surface area contributed by atoms with Crippen LogP contribution in [0.25, 0.3) is 0 Å². The van der Waals surface area contributed by atoms with Gasteiger partial charge in [0.2, 0.25) is 0 Å². The third kappa shape index (κ3) is 3.15. The molecular weight excluding hydrogens is 228 g/mol. The lowest BCUT2D eigenvalue weighted by Crippen LogP contribution is -2.17. The molecule has 0 aliphatic carbocycles. The number of rotatable bonds is 5. The third-order valence-electron chi connectivity index (χ3n) is 3.06. The fourth-order valence-electron chi connectivity index (χ4n) is 1.96. The van der Waals surface area contributed by atoms with E-state index in [4.69, 9.17) is 15.7 Å². The van der Waals surface area contributed by atoms with Gasteiger partial charge in [0, 0.05) is 5.56 Å². The van der Waals surface area contributed by atoms with Gasteiger partial charge < -0.3 is 15.7 Å². The number of benzene rings is 1. The summed E-state index contributed by atoms with van der Waals surface area (Å²) in [5, 5.41) is 11.7. The SMILES string of the molecule is CCC(CC)Oc1c(C)cc(C(N)=NO)cc1C. The van der Waals surface area contributed by atoms with Crippen molar-refractivity contribution in [1.82, 2.24) is 0 Å². The van der Waals surface area contributed by atoms with E-state index in [1.807, 2.05) is 26.0 Å². The van der Waals surface area contributed by atoms with Crippen molar-refractivity contribution in [3.8, 4) is 5.75 Å². The number of nitrogens with two attached hydrogens (primary N) is 1. The molecule has 0 bridgehead atoms. The van der Waals surface area contributed by atoms with Gasteiger partial charge in [-0.1, -0.05) is 19.0 Å². The van der Waals surface area contributed by atoms with Gasteiger partial charge in [-0.25, -0.2) is 0 Å². The number of aryl methyl sites for hydroxylation is 2. The second-order valence-electron chi connectivity index (χ2n) is 4.48. The van der Waals surface area contributed by atoms with Gasteiger partial charge in [0.05, 0.1) is 6.10 Å². The minimum Gasteiger partial charge on any atom is -0.490 e. The van der Waals surface area contributed by atoms with E-state index < -0.39 is 0 Å². The van der Waals surface area contributed by atoms with Crippen molar-refractivity contribution in [3.05, 3.63) is 28.8 Å². The van der Waals surface area contributed by atoms with Crippen LogP contribution in [-0.4, -0.2) is 17.1 Å². The van der Waals surface area contributed by atoms with Gasteiger partial charge in [0.25, 0.3) is 0 Å². The van der Waals surface area contributed by atoms with Crippen molar-refractivity contribution in [2.75, 3.05) is 0 Å². The molecule has 0 saturated carbocycles. The molecule has 0 aromatic heterocycles. The predicted octanol–water partition coefficient (Wildman–Crippen LogP) is 2.97. The zero-order valence-electron chi connectivity index (χ0n) is 11.5. The van der Waals surface area contributed by atoms with E-state index in [-0.39, 0.29) is 11.9 Å². The average Bonchev–Trinajstić information content (AvgIpc) is 2.37. The first kappa shape index (κ1) is 14.4. The van der Waals surface area contributed by atoms with Crippen LogP contribution >= 0.6 is 0 Å². The lowest BCUT2D eigenvalue weighted by atomic mass is 10.0. The van der Waals surface area contributed by atoms with E-state index in [1.54, 1.807) is 0 Å². The Morgan fingerprint density at radius 1 is 1.28 bits per heavy atom. The number of nitrogens with zero attached hydrogens (tertiary/aromatic N) is 1. The molecule has 0 aliphatic rings. The highest BCUT2D eigenvalue weighted by Gasteiger charge is 2.12. The Balaban J connectivity index is 3.08. The van der Waals surface area contributed by atoms with E-state index in [1.165, 1.54) is 0 Å². The predicted molar refractivity (Wildman–Crippen MR) is 73.4 cm³/mol. The van der Waals surface area contributed by atoms with Crippen LogP contribution in [0.5, 0.6) is 5.75 Å². The molecule has 0 heterocycles. The van der Waals surface area contributed by atoms with Crippen molar-refractivity contribution >= 4 is 5.84 Å². The summed E-state index contributed by atoms with van der Waals surface area (Å²) >= 11 is 0. The van der Waals surface area contributed by atoms with Crippen molar-refractivity contribution in [2.45, 2.75) is 46.6 Å². The molecule has 4 nitrogen and oxygen atoms in total. The molecule has 1 aromatic rings. The molecule has 0 atom stereocenters. The number of hydrogen-bond acceptors (Lipinski definition) is 3. The van der Waals surface area contributed by atoms with E-state index >= 15 is 0 Å². The number of oxime groups is 1. The first-order valence-corrected chi connectivity index (χ1v) is 6.29. The van der Waals surface area contributed by atoms with Gasteiger partial charge in [-0.05, 0) is 49.9 Å². The quantitative estimate of drug-likeness (QED) is 0.365. The maximum Gasteiger partial charge on any atom is 0.170 e. The Kier molecular flexibility index (Phi) is 5.01. The highest BCUT2D eigenvalue weighted by Crippen LogP contribution is 2.27. The standard InChI is InChI=1S/C14H22N2O2/c1-5-12(6-2)18-13-9(3)7-11(8-10(13)4)14(15)16-17/h7-8,12,17H,5-6H2,1-4H3,(H2,15,16). The molecule has 0 aliphatic heterocycles. The molecule has 1 rings (SSSR count). The van der Waals surface area contributed by atoms with Crippen LogP contribution in [0.4, 0.5) is 0 Å². The van der Waals surface area contributed by atoms with Gasteiger partial charge in [-0.15, -0.1) is 0 Å². The fourth-order valence-corrected chi connectivity index (χ4v) is 1.96. The molecule has 3 N–H and O–H groups in total. The molecule has 0 unspecified atom stereocenters. The van der Waals surface area contributed by atoms with Crippen LogP contribution in [0, 0.1) is 13.8 Å². The summed E-state index contributed by atoms with van der Waals surface area (Å²) in [6, 6.07) is 3.75. The van der Waals surface area contributed by atoms with Gasteiger partial charge in [0.1, 0.15) is 5.75 Å². The van der Waals surface area contributed by atoms with Gasteiger partial charge in [-0.2, -0.15) is 0 Å². The van der Waals surface area contributed by atoms with E-state index in [0.29, 0.717) is 5.56 Å². The second-order valence-corrected chi connectivity index (χ2v) is 4.48. The van der Waals surface area contributed by atoms with Crippen LogP contribution < -0.4 is 10.5 Å². The van der Waals surface area contributed by atoms with E-state index in [2.05, 4.69) is 19.0 Å². The molecule has 100 valence electrons. The first-order valence-electron chi connectivity index (χ1n) is 6.29. The minimum absolute atomic E-state index is 0.121. The maximum absolute atomic E-state index is 8.69. The van der Waals surface area contributed by atoms with Crippen molar-refractivity contribution in [1.29, 1.82) is 0 Å². The summed E-state index contributed by atoms with van der Waals surface area (Å²) in [7, 11) is 0. The molecule has 4 heteroatoms. The van der Waals surface area contributed by atoms with Crippen LogP contribution in [-0.2, 0) is 0 Å². The summed E-state index contributed by atoms with van der Waals surface area (Å²) in [4.78, 5) is 0. The molecule has 0 radical (unpaired) electrons. The van der Waals surface area contributed by atoms with Gasteiger partial charge in [-0.3, -0.25) is 0 Å². The smallest absolute Gasteiger partial charge is 0.170 e. The molecule has 0 spiro atoms. The number of hydrogen-bond donors (Lipinski definition) is 2. The fraction of sp³-hybridized carbons (Fsp3) is 0.500. The average molecular weight is 250 g/mol. The lowest BCUT2D eigenvalue weighted by molar-refractivity contribution is 0.190. The Morgan fingerprint density at radius 2 is 1.78 bits per heavy atom. The van der Waals surface area contributed by atoms with E-state index in [9.17, 15) is 0 Å². The topological polar surface area (TPSA) is 67.8 Å². The summed E-state index contributed by atoms with van der Waals surface area (Å²) in [6.07, 6.45) is 2.20. The molecule has 0 amide bonds. The highest BCUT2D eigenvalue weighted by molar-refractivity contribution is 5.97. The van der Waals surface area contributed by atoms with Crippen LogP contribution in [0.3, 0.4) is 0 Å². The Morgan fingerprint density at radius 3 is 2.17 bits per heavy atom. The molecule has 0 fully saturated rings. The second kappa shape index (κ2) is 6.28. The normalized spacial score (nSPS) is 11.9. The van der Waals surface area contributed by atoms with Gasteiger partial charge in [0.15, 0.2) is 5.84 Å². The summed E-state index contributed by atoms with van der Waals surface area (Å²) < 4.78 is 6.00. The highest BCUT2D eigenvalue weighted by atomic mass is 16.5. The molecule has 1 aromatic carbocycles. The van der Waals surface area contributed by atoms with Crippen molar-refractivity contribution in [3.63, 3.8) is 0 Å². The Bertz CT molecular complexity index is 414. The zero-order chi connectivity index (χ0) is 13.7. The Hall–Kier alpha value is -1.71. The van der Waals surface area contributed by atoms with Gasteiger partial charge >= 0.3 is 0 Å². The lowest BCUT2D eigenvalue weighted by Gasteiger charge is -2.20. The van der Waals surface area contributed by atoms with Crippen LogP contribution in [0.1, 0.15) is 43.4 Å². The first-order chi connectivity index (χ1) is 8.53. The maximum atomic E-state index is 8.69. The van der Waals surface area contributed by atoms with Crippen LogP contribution in [0.2, 0.25) is 0 Å². The largest absolute Gasteiger partial charge is 0.490 e. The Labute approximate surface area is 108 Å². The number of ether oxygens (including phenoxy) is 1. The van der Waals surface area contributed by atoms with Crippen molar-refractivity contribution < 1.29 is 9.94 Å². The summed E-state index contributed by atoms with van der Waals surface area (Å²) in [5.74, 6) is 1.02. The molecule has 0 saturated heterocycles. The van der Waals surface area contributed by atoms with E-state index in [0.717, 1.165) is 29.7 Å². The molecular formula is C14H22N2O2. The number of amidine groups is 1. The van der Waals surface area contributed by atoms with Crippen LogP contribution in [0.15, 0.2) is 17.3 Å². The minimum atomic E-state index is 0.121. The third-order valence-corrected chi connectivity index (χ3v) is 3.06. The summed E-state index contributed by atoms with van der Waals surface area (Å²) in [5.41, 5.74) is 8.31.